The number of nitrogens with zero attached hydrogens (tertiary/aromatic N) is 3. The monoisotopic (exact) mass is 703 g/mol. The molecule has 11 aromatic rings. The highest BCUT2D eigenvalue weighted by Gasteiger charge is 2.35. The van der Waals surface area contributed by atoms with Gasteiger partial charge in [-0.3, -0.25) is 4.57 Å². The summed E-state index contributed by atoms with van der Waals surface area (Å²) in [6.45, 7) is 4.67. The van der Waals surface area contributed by atoms with Crippen LogP contribution in [0, 0.1) is 0 Å². The Morgan fingerprint density at radius 1 is 0.509 bits per heavy atom. The zero-order valence-electron chi connectivity index (χ0n) is 30.3. The molecule has 3 aromatic heterocycles. The molecule has 4 nitrogen and oxygen atoms in total. The summed E-state index contributed by atoms with van der Waals surface area (Å²) in [6, 6.07) is 58.7. The van der Waals surface area contributed by atoms with Crippen LogP contribution in [0.4, 0.5) is 0 Å². The minimum absolute atomic E-state index is 0.0727. The highest BCUT2D eigenvalue weighted by atomic mass is 16.3. The lowest BCUT2D eigenvalue weighted by Gasteiger charge is -2.21. The molecule has 4 heteroatoms. The Morgan fingerprint density at radius 3 is 2.13 bits per heavy atom. The normalized spacial score (nSPS) is 13.4. The van der Waals surface area contributed by atoms with Gasteiger partial charge >= 0.3 is 0 Å². The van der Waals surface area contributed by atoms with Gasteiger partial charge in [-0.15, -0.1) is 0 Å². The van der Waals surface area contributed by atoms with Crippen molar-refractivity contribution in [1.82, 2.24) is 14.5 Å². The summed E-state index contributed by atoms with van der Waals surface area (Å²) in [5.74, 6) is 0.608. The third kappa shape index (κ3) is 4.22. The van der Waals surface area contributed by atoms with E-state index < -0.39 is 0 Å². The van der Waals surface area contributed by atoms with Crippen LogP contribution in [-0.2, 0) is 5.41 Å². The first-order valence-corrected chi connectivity index (χ1v) is 18.9. The second kappa shape index (κ2) is 11.0. The van der Waals surface area contributed by atoms with E-state index in [-0.39, 0.29) is 5.41 Å². The van der Waals surface area contributed by atoms with Crippen LogP contribution in [0.15, 0.2) is 168 Å². The molecule has 55 heavy (non-hydrogen) atoms. The molecule has 0 N–H and O–H groups in total. The number of para-hydroxylation sites is 3. The molecule has 258 valence electrons. The maximum absolute atomic E-state index is 6.87. The number of benzene rings is 8. The Bertz CT molecular complexity index is 3420. The van der Waals surface area contributed by atoms with E-state index in [2.05, 4.69) is 176 Å². The average Bonchev–Trinajstić information content (AvgIpc) is 3.86. The Kier molecular flexibility index (Phi) is 6.09. The van der Waals surface area contributed by atoms with Crippen LogP contribution in [-0.4, -0.2) is 14.5 Å². The average molecular weight is 704 g/mol. The van der Waals surface area contributed by atoms with Crippen molar-refractivity contribution >= 4 is 65.4 Å². The molecule has 8 aromatic carbocycles. The fourth-order valence-corrected chi connectivity index (χ4v) is 9.37. The standard InChI is InChI=1S/C51H33N3O/c1-51(2)41-19-9-5-15-34(41)39-28-32(25-26-42(39)51)38-29-40-35-16-8-12-22-45(35)55-49(40)48-46(38)37-18-7-11-21-44(37)54(48)50-52-43-20-10-6-17-36(43)47(53-50)33-24-23-30-13-3-4-14-31(30)27-33/h3-29H,1-2H3. The first kappa shape index (κ1) is 30.4. The van der Waals surface area contributed by atoms with Crippen molar-refractivity contribution in [2.75, 3.05) is 0 Å². The minimum Gasteiger partial charge on any atom is -0.454 e. The topological polar surface area (TPSA) is 43.9 Å². The third-order valence-electron chi connectivity index (χ3n) is 12.0. The smallest absolute Gasteiger partial charge is 0.235 e. The molecular weight excluding hydrogens is 671 g/mol. The number of aromatic nitrogens is 3. The van der Waals surface area contributed by atoms with Gasteiger partial charge in [0.2, 0.25) is 5.95 Å². The molecule has 1 aliphatic rings. The predicted octanol–water partition coefficient (Wildman–Crippen LogP) is 13.4. The SMILES string of the molecule is CC1(C)c2ccccc2-c2cc(-c3cc4c5ccccc5oc4c4c3c3ccccc3n4-c3nc(-c4ccc5ccccc5c4)c4ccccc4n3)ccc21. The van der Waals surface area contributed by atoms with Gasteiger partial charge in [-0.1, -0.05) is 141 Å². The fourth-order valence-electron chi connectivity index (χ4n) is 9.37. The highest BCUT2D eigenvalue weighted by Crippen LogP contribution is 2.51. The first-order valence-electron chi connectivity index (χ1n) is 18.9. The number of hydrogen-bond donors (Lipinski definition) is 0. The van der Waals surface area contributed by atoms with E-state index >= 15 is 0 Å². The zero-order valence-corrected chi connectivity index (χ0v) is 30.3. The van der Waals surface area contributed by atoms with Gasteiger partial charge in [-0.05, 0) is 80.6 Å². The van der Waals surface area contributed by atoms with E-state index in [0.717, 1.165) is 71.5 Å². The molecule has 0 spiro atoms. The van der Waals surface area contributed by atoms with Gasteiger partial charge in [0.15, 0.2) is 5.58 Å². The van der Waals surface area contributed by atoms with Crippen molar-refractivity contribution < 1.29 is 4.42 Å². The highest BCUT2D eigenvalue weighted by molar-refractivity contribution is 6.26. The van der Waals surface area contributed by atoms with Crippen LogP contribution in [0.2, 0.25) is 0 Å². The van der Waals surface area contributed by atoms with Gasteiger partial charge < -0.3 is 4.42 Å². The van der Waals surface area contributed by atoms with Gasteiger partial charge in [-0.2, -0.15) is 0 Å². The van der Waals surface area contributed by atoms with Crippen molar-refractivity contribution in [1.29, 1.82) is 0 Å². The summed E-state index contributed by atoms with van der Waals surface area (Å²) in [4.78, 5) is 10.8. The molecule has 0 saturated carbocycles. The molecule has 0 atom stereocenters. The van der Waals surface area contributed by atoms with Gasteiger partial charge in [0.1, 0.15) is 11.1 Å². The summed E-state index contributed by atoms with van der Waals surface area (Å²) in [7, 11) is 0. The Labute approximate surface area is 316 Å². The van der Waals surface area contributed by atoms with E-state index in [0.29, 0.717) is 5.95 Å². The number of rotatable bonds is 3. The Balaban J connectivity index is 1.21. The lowest BCUT2D eigenvalue weighted by atomic mass is 9.82. The molecule has 1 aliphatic carbocycles. The van der Waals surface area contributed by atoms with Crippen LogP contribution < -0.4 is 0 Å². The minimum atomic E-state index is -0.0727. The van der Waals surface area contributed by atoms with Crippen LogP contribution >= 0.6 is 0 Å². The van der Waals surface area contributed by atoms with Crippen molar-refractivity contribution in [2.45, 2.75) is 19.3 Å². The lowest BCUT2D eigenvalue weighted by molar-refractivity contribution is 0.660. The quantitative estimate of drug-likeness (QED) is 0.184. The molecule has 0 saturated heterocycles. The molecule has 3 heterocycles. The zero-order chi connectivity index (χ0) is 36.4. The lowest BCUT2D eigenvalue weighted by Crippen LogP contribution is -2.14. The summed E-state index contributed by atoms with van der Waals surface area (Å²) in [5, 5.41) is 7.79. The third-order valence-corrected chi connectivity index (χ3v) is 12.0. The van der Waals surface area contributed by atoms with Crippen LogP contribution in [0.25, 0.3) is 105 Å². The van der Waals surface area contributed by atoms with Crippen molar-refractivity contribution in [3.8, 4) is 39.5 Å². The molecular formula is C51H33N3O. The molecule has 0 aliphatic heterocycles. The molecule has 0 radical (unpaired) electrons. The van der Waals surface area contributed by atoms with Crippen LogP contribution in [0.5, 0.6) is 0 Å². The van der Waals surface area contributed by atoms with Crippen molar-refractivity contribution in [3.63, 3.8) is 0 Å². The van der Waals surface area contributed by atoms with Gasteiger partial charge in [0.05, 0.1) is 16.7 Å². The van der Waals surface area contributed by atoms with E-state index in [1.165, 1.54) is 38.6 Å². The summed E-state index contributed by atoms with van der Waals surface area (Å²) in [6.07, 6.45) is 0. The van der Waals surface area contributed by atoms with E-state index in [1.54, 1.807) is 0 Å². The molecule has 12 rings (SSSR count). The molecule has 0 bridgehead atoms. The van der Waals surface area contributed by atoms with E-state index in [9.17, 15) is 0 Å². The summed E-state index contributed by atoms with van der Waals surface area (Å²) in [5.41, 5.74) is 14.1. The second-order valence-electron chi connectivity index (χ2n) is 15.4. The van der Waals surface area contributed by atoms with Crippen LogP contribution in [0.1, 0.15) is 25.0 Å². The second-order valence-corrected chi connectivity index (χ2v) is 15.4. The first-order chi connectivity index (χ1) is 27.0. The summed E-state index contributed by atoms with van der Waals surface area (Å²) < 4.78 is 9.11. The number of furan rings is 1. The van der Waals surface area contributed by atoms with Gasteiger partial charge in [0.25, 0.3) is 0 Å². The molecule has 0 amide bonds. The predicted molar refractivity (Wildman–Crippen MR) is 227 cm³/mol. The van der Waals surface area contributed by atoms with Crippen LogP contribution in [0.3, 0.4) is 0 Å². The van der Waals surface area contributed by atoms with Crippen molar-refractivity contribution in [2.24, 2.45) is 0 Å². The van der Waals surface area contributed by atoms with E-state index in [1.807, 2.05) is 6.07 Å². The fraction of sp³-hybridized carbons (Fsp3) is 0.0588. The number of fused-ring (bicyclic) bond motifs is 12. The van der Waals surface area contributed by atoms with Crippen molar-refractivity contribution in [3.05, 3.63) is 175 Å². The molecule has 0 unspecified atom stereocenters. The molecule has 0 fully saturated rings. The maximum Gasteiger partial charge on any atom is 0.235 e. The Hall–Kier alpha value is -7.04. The van der Waals surface area contributed by atoms with Gasteiger partial charge in [0, 0.05) is 37.9 Å². The van der Waals surface area contributed by atoms with E-state index in [4.69, 9.17) is 14.4 Å². The largest absolute Gasteiger partial charge is 0.454 e. The number of hydrogen-bond acceptors (Lipinski definition) is 3. The Morgan fingerprint density at radius 2 is 1.22 bits per heavy atom. The summed E-state index contributed by atoms with van der Waals surface area (Å²) >= 11 is 0. The van der Waals surface area contributed by atoms with Gasteiger partial charge in [-0.25, -0.2) is 9.97 Å². The maximum atomic E-state index is 6.87.